The molecule has 78 valence electrons. The van der Waals surface area contributed by atoms with Crippen LogP contribution in [0.4, 0.5) is 0 Å². The number of carbonyl (C=O) groups excluding carboxylic acids is 1. The first kappa shape index (κ1) is 11.1. The molecule has 1 N–H and O–H groups in total. The number of nitrogens with zero attached hydrogens (tertiary/aromatic N) is 1. The minimum absolute atomic E-state index is 0.233. The fraction of sp³-hybridized carbons (Fsp3) is 0.556. The molecule has 5 heteroatoms. The Hall–Kier alpha value is -0.940. The van der Waals surface area contributed by atoms with Gasteiger partial charge in [-0.1, -0.05) is 0 Å². The summed E-state index contributed by atoms with van der Waals surface area (Å²) in [5, 5.41) is 12.0. The summed E-state index contributed by atoms with van der Waals surface area (Å²) in [6, 6.07) is 0. The Balaban J connectivity index is 2.48. The van der Waals surface area contributed by atoms with Gasteiger partial charge in [-0.15, -0.1) is 11.3 Å². The lowest BCUT2D eigenvalue weighted by Crippen LogP contribution is -2.25. The molecule has 0 bridgehead atoms. The van der Waals surface area contributed by atoms with Gasteiger partial charge in [0.15, 0.2) is 6.10 Å². The lowest BCUT2D eigenvalue weighted by Gasteiger charge is -2.06. The van der Waals surface area contributed by atoms with Gasteiger partial charge in [0.2, 0.25) is 0 Å². The SMILES string of the molecule is CCOC(=O)C(O)Cc1nc(C)cs1. The molecule has 0 aromatic carbocycles. The molecular weight excluding hydrogens is 202 g/mol. The number of aryl methyl sites for hydroxylation is 1. The second-order valence-corrected chi connectivity index (χ2v) is 3.80. The summed E-state index contributed by atoms with van der Waals surface area (Å²) in [4.78, 5) is 15.2. The fourth-order valence-corrected chi connectivity index (χ4v) is 1.79. The van der Waals surface area contributed by atoms with Crippen molar-refractivity contribution in [2.45, 2.75) is 26.4 Å². The van der Waals surface area contributed by atoms with E-state index in [9.17, 15) is 9.90 Å². The maximum absolute atomic E-state index is 11.1. The molecule has 0 spiro atoms. The third kappa shape index (κ3) is 3.08. The molecule has 1 unspecified atom stereocenters. The van der Waals surface area contributed by atoms with Gasteiger partial charge in [0, 0.05) is 17.5 Å². The molecule has 0 saturated carbocycles. The number of aliphatic hydroxyl groups excluding tert-OH is 1. The van der Waals surface area contributed by atoms with Gasteiger partial charge in [-0.25, -0.2) is 9.78 Å². The van der Waals surface area contributed by atoms with E-state index in [1.807, 2.05) is 12.3 Å². The number of rotatable bonds is 4. The smallest absolute Gasteiger partial charge is 0.335 e. The van der Waals surface area contributed by atoms with Gasteiger partial charge in [-0.05, 0) is 13.8 Å². The number of hydrogen-bond acceptors (Lipinski definition) is 5. The molecule has 0 aliphatic heterocycles. The average molecular weight is 215 g/mol. The molecule has 4 nitrogen and oxygen atoms in total. The average Bonchev–Trinajstić information content (AvgIpc) is 2.51. The van der Waals surface area contributed by atoms with Gasteiger partial charge in [0.25, 0.3) is 0 Å². The molecular formula is C9H13NO3S. The Bertz CT molecular complexity index is 311. The molecule has 0 radical (unpaired) electrons. The summed E-state index contributed by atoms with van der Waals surface area (Å²) in [5.74, 6) is -0.583. The van der Waals surface area contributed by atoms with E-state index in [0.717, 1.165) is 10.7 Å². The molecule has 0 amide bonds. The monoisotopic (exact) mass is 215 g/mol. The number of thiazole rings is 1. The standard InChI is InChI=1S/C9H13NO3S/c1-3-13-9(12)7(11)4-8-10-6(2)5-14-8/h5,7,11H,3-4H2,1-2H3. The molecule has 0 aliphatic rings. The van der Waals surface area contributed by atoms with E-state index >= 15 is 0 Å². The van der Waals surface area contributed by atoms with Crippen molar-refractivity contribution in [2.24, 2.45) is 0 Å². The van der Waals surface area contributed by atoms with Crippen molar-refractivity contribution >= 4 is 17.3 Å². The molecule has 1 atom stereocenters. The van der Waals surface area contributed by atoms with Crippen molar-refractivity contribution in [1.29, 1.82) is 0 Å². The first-order chi connectivity index (χ1) is 6.63. The highest BCUT2D eigenvalue weighted by atomic mass is 32.1. The lowest BCUT2D eigenvalue weighted by atomic mass is 10.2. The summed E-state index contributed by atoms with van der Waals surface area (Å²) < 4.78 is 4.67. The van der Waals surface area contributed by atoms with Crippen LogP contribution in [0.5, 0.6) is 0 Å². The highest BCUT2D eigenvalue weighted by Crippen LogP contribution is 2.11. The Morgan fingerprint density at radius 3 is 3.00 bits per heavy atom. The largest absolute Gasteiger partial charge is 0.464 e. The van der Waals surface area contributed by atoms with Crippen LogP contribution in [0, 0.1) is 6.92 Å². The molecule has 14 heavy (non-hydrogen) atoms. The second kappa shape index (κ2) is 5.07. The van der Waals surface area contributed by atoms with E-state index in [0.29, 0.717) is 0 Å². The van der Waals surface area contributed by atoms with Crippen LogP contribution in [0.3, 0.4) is 0 Å². The Labute approximate surface area is 86.6 Å². The van der Waals surface area contributed by atoms with E-state index in [1.165, 1.54) is 11.3 Å². The van der Waals surface area contributed by atoms with E-state index in [2.05, 4.69) is 9.72 Å². The van der Waals surface area contributed by atoms with Crippen molar-refractivity contribution < 1.29 is 14.6 Å². The van der Waals surface area contributed by atoms with Crippen LogP contribution in [0.15, 0.2) is 5.38 Å². The van der Waals surface area contributed by atoms with Gasteiger partial charge >= 0.3 is 5.97 Å². The summed E-state index contributed by atoms with van der Waals surface area (Å²) in [6.07, 6.45) is -0.863. The highest BCUT2D eigenvalue weighted by molar-refractivity contribution is 7.09. The Morgan fingerprint density at radius 2 is 2.50 bits per heavy atom. The first-order valence-corrected chi connectivity index (χ1v) is 5.27. The van der Waals surface area contributed by atoms with Crippen LogP contribution < -0.4 is 0 Å². The minimum Gasteiger partial charge on any atom is -0.464 e. The van der Waals surface area contributed by atoms with Crippen molar-refractivity contribution in [1.82, 2.24) is 4.98 Å². The topological polar surface area (TPSA) is 59.4 Å². The summed E-state index contributed by atoms with van der Waals surface area (Å²) in [5.41, 5.74) is 0.904. The van der Waals surface area contributed by atoms with Gasteiger partial charge in [0.05, 0.1) is 11.6 Å². The van der Waals surface area contributed by atoms with Crippen LogP contribution in [0.2, 0.25) is 0 Å². The number of esters is 1. The third-order valence-corrected chi connectivity index (χ3v) is 2.58. The highest BCUT2D eigenvalue weighted by Gasteiger charge is 2.17. The zero-order valence-corrected chi connectivity index (χ0v) is 9.00. The van der Waals surface area contributed by atoms with Crippen LogP contribution in [-0.4, -0.2) is 28.8 Å². The van der Waals surface area contributed by atoms with Gasteiger partial charge < -0.3 is 9.84 Å². The van der Waals surface area contributed by atoms with Crippen LogP contribution in [0.25, 0.3) is 0 Å². The van der Waals surface area contributed by atoms with E-state index in [1.54, 1.807) is 6.92 Å². The quantitative estimate of drug-likeness (QED) is 0.759. The first-order valence-electron chi connectivity index (χ1n) is 4.39. The molecule has 1 aromatic rings. The number of aliphatic hydroxyl groups is 1. The predicted octanol–water partition coefficient (Wildman–Crippen LogP) is 0.918. The molecule has 1 rings (SSSR count). The van der Waals surface area contributed by atoms with Gasteiger partial charge in [0.1, 0.15) is 0 Å². The van der Waals surface area contributed by atoms with Crippen LogP contribution in [0.1, 0.15) is 17.6 Å². The minimum atomic E-state index is -1.10. The fourth-order valence-electron chi connectivity index (χ4n) is 0.984. The summed E-state index contributed by atoms with van der Waals surface area (Å²) in [7, 11) is 0. The third-order valence-electron chi connectivity index (χ3n) is 1.59. The zero-order valence-electron chi connectivity index (χ0n) is 8.19. The zero-order chi connectivity index (χ0) is 10.6. The molecule has 0 saturated heterocycles. The number of carbonyl (C=O) groups is 1. The van der Waals surface area contributed by atoms with E-state index in [-0.39, 0.29) is 13.0 Å². The molecule has 1 aromatic heterocycles. The summed E-state index contributed by atoms with van der Waals surface area (Å²) in [6.45, 7) is 3.86. The Kier molecular flexibility index (Phi) is 4.03. The number of aromatic nitrogens is 1. The molecule has 0 fully saturated rings. The van der Waals surface area contributed by atoms with Crippen molar-refractivity contribution in [3.8, 4) is 0 Å². The predicted molar refractivity (Wildman–Crippen MR) is 53.2 cm³/mol. The maximum Gasteiger partial charge on any atom is 0.335 e. The molecule has 0 aliphatic carbocycles. The van der Waals surface area contributed by atoms with Crippen molar-refractivity contribution in [3.63, 3.8) is 0 Å². The number of hydrogen-bond donors (Lipinski definition) is 1. The number of ether oxygens (including phenoxy) is 1. The lowest BCUT2D eigenvalue weighted by molar-refractivity contribution is -0.152. The van der Waals surface area contributed by atoms with Crippen molar-refractivity contribution in [2.75, 3.05) is 6.61 Å². The summed E-state index contributed by atoms with van der Waals surface area (Å²) >= 11 is 1.43. The van der Waals surface area contributed by atoms with Crippen molar-refractivity contribution in [3.05, 3.63) is 16.1 Å². The van der Waals surface area contributed by atoms with Gasteiger partial charge in [-0.2, -0.15) is 0 Å². The normalized spacial score (nSPS) is 12.5. The van der Waals surface area contributed by atoms with Crippen LogP contribution >= 0.6 is 11.3 Å². The van der Waals surface area contributed by atoms with Crippen LogP contribution in [-0.2, 0) is 16.0 Å². The van der Waals surface area contributed by atoms with E-state index in [4.69, 9.17) is 0 Å². The van der Waals surface area contributed by atoms with Gasteiger partial charge in [-0.3, -0.25) is 0 Å². The maximum atomic E-state index is 11.1. The second-order valence-electron chi connectivity index (χ2n) is 2.85. The molecule has 1 heterocycles. The van der Waals surface area contributed by atoms with E-state index < -0.39 is 12.1 Å². The Morgan fingerprint density at radius 1 is 1.79 bits per heavy atom.